The third-order valence-corrected chi connectivity index (χ3v) is 3.76. The molecule has 0 aliphatic carbocycles. The van der Waals surface area contributed by atoms with Crippen molar-refractivity contribution in [1.82, 2.24) is 5.16 Å². The second kappa shape index (κ2) is 6.21. The van der Waals surface area contributed by atoms with E-state index in [1.54, 1.807) is 0 Å². The van der Waals surface area contributed by atoms with Crippen LogP contribution in [0.2, 0.25) is 0 Å². The highest BCUT2D eigenvalue weighted by molar-refractivity contribution is 9.10. The highest BCUT2D eigenvalue weighted by Crippen LogP contribution is 2.25. The lowest BCUT2D eigenvalue weighted by molar-refractivity contribution is 0.282. The van der Waals surface area contributed by atoms with Crippen LogP contribution in [0, 0.1) is 6.92 Å². The minimum Gasteiger partial charge on any atom is -0.392 e. The number of hydrogen-bond acceptors (Lipinski definition) is 4. The molecule has 2 rings (SSSR count). The van der Waals surface area contributed by atoms with Crippen molar-refractivity contribution in [1.29, 1.82) is 0 Å². The summed E-state index contributed by atoms with van der Waals surface area (Å²) in [5, 5.41) is 16.5. The molecule has 0 unspecified atom stereocenters. The molecule has 0 atom stereocenters. The number of rotatable bonds is 5. The number of aromatic nitrogens is 1. The van der Waals surface area contributed by atoms with Crippen LogP contribution in [0.25, 0.3) is 0 Å². The van der Waals surface area contributed by atoms with Crippen molar-refractivity contribution >= 4 is 21.6 Å². The summed E-state index contributed by atoms with van der Waals surface area (Å²) in [6, 6.07) is 5.74. The molecule has 0 radical (unpaired) electrons. The first-order chi connectivity index (χ1) is 9.15. The molecule has 102 valence electrons. The van der Waals surface area contributed by atoms with Crippen LogP contribution < -0.4 is 5.32 Å². The topological polar surface area (TPSA) is 58.3 Å². The van der Waals surface area contributed by atoms with Crippen LogP contribution in [0.4, 0.5) is 5.69 Å². The second-order valence-electron chi connectivity index (χ2n) is 4.34. The van der Waals surface area contributed by atoms with E-state index in [1.165, 1.54) is 0 Å². The Bertz CT molecular complexity index is 567. The van der Waals surface area contributed by atoms with Crippen LogP contribution in [0.5, 0.6) is 0 Å². The SMILES string of the molecule is CCc1noc(C)c1CNc1cc(CO)ccc1Br. The van der Waals surface area contributed by atoms with E-state index >= 15 is 0 Å². The molecule has 2 aromatic rings. The zero-order valence-electron chi connectivity index (χ0n) is 11.0. The third kappa shape index (κ3) is 3.16. The van der Waals surface area contributed by atoms with E-state index in [-0.39, 0.29) is 6.61 Å². The van der Waals surface area contributed by atoms with E-state index in [4.69, 9.17) is 9.63 Å². The van der Waals surface area contributed by atoms with E-state index in [2.05, 4.69) is 33.3 Å². The Morgan fingerprint density at radius 3 is 2.89 bits per heavy atom. The first kappa shape index (κ1) is 14.1. The Balaban J connectivity index is 2.16. The van der Waals surface area contributed by atoms with Crippen molar-refractivity contribution in [2.45, 2.75) is 33.4 Å². The third-order valence-electron chi connectivity index (χ3n) is 3.07. The Morgan fingerprint density at radius 1 is 1.42 bits per heavy atom. The number of aliphatic hydroxyl groups is 1. The van der Waals surface area contributed by atoms with Gasteiger partial charge in [-0.1, -0.05) is 18.1 Å². The summed E-state index contributed by atoms with van der Waals surface area (Å²) in [5.41, 5.74) is 3.92. The number of aryl methyl sites for hydroxylation is 2. The van der Waals surface area contributed by atoms with Gasteiger partial charge in [-0.25, -0.2) is 0 Å². The first-order valence-corrected chi connectivity index (χ1v) is 7.02. The van der Waals surface area contributed by atoms with Gasteiger partial charge in [-0.2, -0.15) is 0 Å². The number of anilines is 1. The predicted molar refractivity (Wildman–Crippen MR) is 78.0 cm³/mol. The number of nitrogens with zero attached hydrogens (tertiary/aromatic N) is 1. The molecule has 0 saturated heterocycles. The number of nitrogens with one attached hydrogen (secondary N) is 1. The summed E-state index contributed by atoms with van der Waals surface area (Å²) in [4.78, 5) is 0. The van der Waals surface area contributed by atoms with Crippen LogP contribution in [0.3, 0.4) is 0 Å². The number of aliphatic hydroxyl groups excluding tert-OH is 1. The molecule has 4 nitrogen and oxygen atoms in total. The lowest BCUT2D eigenvalue weighted by atomic mass is 10.1. The summed E-state index contributed by atoms with van der Waals surface area (Å²) in [5.74, 6) is 0.846. The summed E-state index contributed by atoms with van der Waals surface area (Å²) in [6.45, 7) is 4.67. The molecule has 0 aliphatic rings. The van der Waals surface area contributed by atoms with Gasteiger partial charge in [0.25, 0.3) is 0 Å². The maximum absolute atomic E-state index is 9.16. The first-order valence-electron chi connectivity index (χ1n) is 6.22. The average Bonchev–Trinajstić information content (AvgIpc) is 2.78. The molecule has 0 amide bonds. The average molecular weight is 325 g/mol. The monoisotopic (exact) mass is 324 g/mol. The Morgan fingerprint density at radius 2 is 2.21 bits per heavy atom. The molecule has 1 aromatic heterocycles. The van der Waals surface area contributed by atoms with Crippen LogP contribution in [-0.2, 0) is 19.6 Å². The van der Waals surface area contributed by atoms with Crippen molar-refractivity contribution in [3.8, 4) is 0 Å². The fraction of sp³-hybridized carbons (Fsp3) is 0.357. The van der Waals surface area contributed by atoms with Crippen LogP contribution >= 0.6 is 15.9 Å². The molecule has 0 spiro atoms. The van der Waals surface area contributed by atoms with E-state index in [1.807, 2.05) is 25.1 Å². The molecule has 0 saturated carbocycles. The van der Waals surface area contributed by atoms with Gasteiger partial charge in [-0.05, 0) is 47.0 Å². The molecular weight excluding hydrogens is 308 g/mol. The standard InChI is InChI=1S/C14H17BrN2O2/c1-3-13-11(9(2)19-17-13)7-16-14-6-10(8-18)4-5-12(14)15/h4-6,16,18H,3,7-8H2,1-2H3. The van der Waals surface area contributed by atoms with Gasteiger partial charge in [0, 0.05) is 22.3 Å². The zero-order valence-corrected chi connectivity index (χ0v) is 12.6. The fourth-order valence-electron chi connectivity index (χ4n) is 1.93. The van der Waals surface area contributed by atoms with Gasteiger partial charge in [0.15, 0.2) is 0 Å². The highest BCUT2D eigenvalue weighted by atomic mass is 79.9. The Hall–Kier alpha value is -1.33. The quantitative estimate of drug-likeness (QED) is 0.884. The summed E-state index contributed by atoms with van der Waals surface area (Å²) in [6.07, 6.45) is 0.853. The van der Waals surface area contributed by atoms with Gasteiger partial charge in [0.05, 0.1) is 12.3 Å². The van der Waals surface area contributed by atoms with Gasteiger partial charge in [0.2, 0.25) is 0 Å². The molecular formula is C14H17BrN2O2. The second-order valence-corrected chi connectivity index (χ2v) is 5.20. The van der Waals surface area contributed by atoms with E-state index in [0.717, 1.165) is 39.2 Å². The van der Waals surface area contributed by atoms with Gasteiger partial charge in [-0.3, -0.25) is 0 Å². The molecule has 1 heterocycles. The minimum atomic E-state index is 0.0362. The minimum absolute atomic E-state index is 0.0362. The van der Waals surface area contributed by atoms with Crippen molar-refractivity contribution < 1.29 is 9.63 Å². The number of benzene rings is 1. The van der Waals surface area contributed by atoms with E-state index in [9.17, 15) is 0 Å². The number of hydrogen-bond donors (Lipinski definition) is 2. The lowest BCUT2D eigenvalue weighted by Crippen LogP contribution is -2.03. The summed E-state index contributed by atoms with van der Waals surface area (Å²) >= 11 is 3.49. The molecule has 5 heteroatoms. The van der Waals surface area contributed by atoms with Gasteiger partial charge >= 0.3 is 0 Å². The molecule has 0 fully saturated rings. The molecule has 0 aliphatic heterocycles. The van der Waals surface area contributed by atoms with Crippen molar-refractivity contribution in [3.63, 3.8) is 0 Å². The van der Waals surface area contributed by atoms with Crippen LogP contribution in [0.1, 0.15) is 29.5 Å². The highest BCUT2D eigenvalue weighted by Gasteiger charge is 2.11. The number of halogens is 1. The summed E-state index contributed by atoms with van der Waals surface area (Å²) in [7, 11) is 0. The smallest absolute Gasteiger partial charge is 0.138 e. The fourth-order valence-corrected chi connectivity index (χ4v) is 2.32. The Kier molecular flexibility index (Phi) is 4.61. The maximum Gasteiger partial charge on any atom is 0.138 e. The van der Waals surface area contributed by atoms with E-state index < -0.39 is 0 Å². The molecule has 19 heavy (non-hydrogen) atoms. The Labute approximate surface area is 120 Å². The zero-order chi connectivity index (χ0) is 13.8. The van der Waals surface area contributed by atoms with Crippen molar-refractivity contribution in [3.05, 3.63) is 45.3 Å². The van der Waals surface area contributed by atoms with Crippen molar-refractivity contribution in [2.75, 3.05) is 5.32 Å². The molecule has 0 bridgehead atoms. The predicted octanol–water partition coefficient (Wildman–Crippen LogP) is 3.41. The van der Waals surface area contributed by atoms with Gasteiger partial charge in [-0.15, -0.1) is 0 Å². The van der Waals surface area contributed by atoms with Crippen molar-refractivity contribution in [2.24, 2.45) is 0 Å². The van der Waals surface area contributed by atoms with Gasteiger partial charge < -0.3 is 14.9 Å². The normalized spacial score (nSPS) is 10.7. The maximum atomic E-state index is 9.16. The van der Waals surface area contributed by atoms with E-state index in [0.29, 0.717) is 6.54 Å². The van der Waals surface area contributed by atoms with Gasteiger partial charge in [0.1, 0.15) is 5.76 Å². The molecule has 1 aromatic carbocycles. The largest absolute Gasteiger partial charge is 0.392 e. The summed E-state index contributed by atoms with van der Waals surface area (Å²) < 4.78 is 6.18. The lowest BCUT2D eigenvalue weighted by Gasteiger charge is -2.10. The van der Waals surface area contributed by atoms with Crippen LogP contribution in [-0.4, -0.2) is 10.3 Å². The van der Waals surface area contributed by atoms with Crippen LogP contribution in [0.15, 0.2) is 27.2 Å². The molecule has 2 N–H and O–H groups in total.